The van der Waals surface area contributed by atoms with Gasteiger partial charge in [0.2, 0.25) is 0 Å². The highest BCUT2D eigenvalue weighted by Gasteiger charge is 2.12. The van der Waals surface area contributed by atoms with Gasteiger partial charge in [-0.15, -0.1) is 5.10 Å². The van der Waals surface area contributed by atoms with Gasteiger partial charge in [0.15, 0.2) is 5.84 Å². The molecule has 0 amide bonds. The van der Waals surface area contributed by atoms with Crippen LogP contribution in [0, 0.1) is 6.92 Å². The first-order valence-corrected chi connectivity index (χ1v) is 6.51. The van der Waals surface area contributed by atoms with Gasteiger partial charge in [0.25, 0.3) is 0 Å². The zero-order valence-corrected chi connectivity index (χ0v) is 11.2. The third-order valence-corrected chi connectivity index (χ3v) is 2.99. The molecule has 4 heteroatoms. The maximum atomic E-state index is 4.23. The van der Waals surface area contributed by atoms with Crippen molar-refractivity contribution >= 4 is 17.6 Å². The average molecular weight is 264 g/mol. The largest absolute Gasteiger partial charge is 0.260 e. The van der Waals surface area contributed by atoms with Crippen LogP contribution >= 0.6 is 0 Å². The summed E-state index contributed by atoms with van der Waals surface area (Å²) < 4.78 is 0. The minimum absolute atomic E-state index is 0.773. The van der Waals surface area contributed by atoms with E-state index in [4.69, 9.17) is 0 Å². The zero-order valence-electron chi connectivity index (χ0n) is 11.2. The second-order valence-electron chi connectivity index (χ2n) is 4.63. The lowest BCUT2D eigenvalue weighted by Gasteiger charge is -2.17. The molecule has 2 aromatic rings. The number of aryl methyl sites for hydroxylation is 1. The van der Waals surface area contributed by atoms with E-state index < -0.39 is 0 Å². The van der Waals surface area contributed by atoms with Crippen LogP contribution in [0.3, 0.4) is 0 Å². The fourth-order valence-corrected chi connectivity index (χ4v) is 1.97. The molecule has 0 bridgehead atoms. The molecule has 1 aliphatic rings. The molecule has 2 N–H and O–H groups in total. The maximum Gasteiger partial charge on any atom is 0.168 e. The lowest BCUT2D eigenvalue weighted by atomic mass is 10.2. The lowest BCUT2D eigenvalue weighted by Crippen LogP contribution is -2.41. The topological polar surface area (TPSA) is 39.7 Å². The zero-order chi connectivity index (χ0) is 13.8. The Morgan fingerprint density at radius 3 is 2.65 bits per heavy atom. The lowest BCUT2D eigenvalue weighted by molar-refractivity contribution is 0.684. The number of hydrazone groups is 1. The monoisotopic (exact) mass is 264 g/mol. The van der Waals surface area contributed by atoms with E-state index in [2.05, 4.69) is 47.3 Å². The number of anilines is 1. The quantitative estimate of drug-likeness (QED) is 0.895. The molecule has 0 spiro atoms. The van der Waals surface area contributed by atoms with Gasteiger partial charge >= 0.3 is 0 Å². The number of nitrogens with zero attached hydrogens (tertiary/aromatic N) is 2. The van der Waals surface area contributed by atoms with Crippen LogP contribution < -0.4 is 16.1 Å². The van der Waals surface area contributed by atoms with Crippen LogP contribution in [0.25, 0.3) is 6.08 Å². The second kappa shape index (κ2) is 5.48. The van der Waals surface area contributed by atoms with Crippen molar-refractivity contribution in [3.63, 3.8) is 0 Å². The molecular weight excluding hydrogens is 248 g/mol. The highest BCUT2D eigenvalue weighted by Crippen LogP contribution is 2.14. The van der Waals surface area contributed by atoms with Crippen molar-refractivity contribution in [3.8, 4) is 0 Å². The summed E-state index contributed by atoms with van der Waals surface area (Å²) in [7, 11) is 0. The summed E-state index contributed by atoms with van der Waals surface area (Å²) in [6, 6.07) is 18.3. The van der Waals surface area contributed by atoms with E-state index in [-0.39, 0.29) is 0 Å². The van der Waals surface area contributed by atoms with Crippen LogP contribution in [-0.2, 0) is 0 Å². The van der Waals surface area contributed by atoms with Crippen molar-refractivity contribution in [1.82, 2.24) is 11.0 Å². The standard InChI is InChI=1S/C16H16N4/c1-13-6-5-9-15(12-13)20-18-16(17-19-20)11-10-14-7-3-2-4-8-14/h2-12,19H,1H3,(H,17,18)/b11-10+. The molecule has 3 rings (SSSR count). The molecule has 4 nitrogen and oxygen atoms in total. The van der Waals surface area contributed by atoms with E-state index in [0.29, 0.717) is 0 Å². The Kier molecular flexibility index (Phi) is 3.37. The van der Waals surface area contributed by atoms with Crippen LogP contribution in [0.4, 0.5) is 5.69 Å². The SMILES string of the molecule is Cc1cccc(N2NN=C(/C=C/c3ccccc3)N2)c1. The van der Waals surface area contributed by atoms with Crippen LogP contribution in [-0.4, -0.2) is 5.84 Å². The van der Waals surface area contributed by atoms with Crippen molar-refractivity contribution < 1.29 is 0 Å². The van der Waals surface area contributed by atoms with E-state index in [1.165, 1.54) is 5.56 Å². The Morgan fingerprint density at radius 1 is 1.00 bits per heavy atom. The van der Waals surface area contributed by atoms with Crippen LogP contribution in [0.1, 0.15) is 11.1 Å². The third kappa shape index (κ3) is 2.80. The maximum absolute atomic E-state index is 4.23. The third-order valence-electron chi connectivity index (χ3n) is 2.99. The molecule has 0 fully saturated rings. The van der Waals surface area contributed by atoms with Gasteiger partial charge in [-0.2, -0.15) is 10.7 Å². The normalized spacial score (nSPS) is 14.1. The molecule has 0 aromatic heterocycles. The highest BCUT2D eigenvalue weighted by molar-refractivity contribution is 5.98. The Labute approximate surface area is 118 Å². The number of hydrogen-bond acceptors (Lipinski definition) is 4. The summed E-state index contributed by atoms with van der Waals surface area (Å²) in [4.78, 5) is 0. The fourth-order valence-electron chi connectivity index (χ4n) is 1.97. The molecule has 0 saturated heterocycles. The van der Waals surface area contributed by atoms with Crippen molar-refractivity contribution in [1.29, 1.82) is 0 Å². The molecule has 0 unspecified atom stereocenters. The minimum atomic E-state index is 0.773. The predicted molar refractivity (Wildman–Crippen MR) is 82.8 cm³/mol. The number of benzene rings is 2. The average Bonchev–Trinajstić information content (AvgIpc) is 2.95. The number of hydrogen-bond donors (Lipinski definition) is 2. The first kappa shape index (κ1) is 12.3. The van der Waals surface area contributed by atoms with Crippen LogP contribution in [0.2, 0.25) is 0 Å². The number of hydrazine groups is 2. The summed E-state index contributed by atoms with van der Waals surface area (Å²) in [5.41, 5.74) is 9.51. The Hall–Kier alpha value is -2.75. The summed E-state index contributed by atoms with van der Waals surface area (Å²) in [5, 5.41) is 6.02. The predicted octanol–water partition coefficient (Wildman–Crippen LogP) is 2.85. The van der Waals surface area contributed by atoms with Crippen molar-refractivity contribution in [2.45, 2.75) is 6.92 Å². The van der Waals surface area contributed by atoms with Crippen molar-refractivity contribution in [2.24, 2.45) is 5.10 Å². The van der Waals surface area contributed by atoms with E-state index >= 15 is 0 Å². The van der Waals surface area contributed by atoms with Gasteiger partial charge in [-0.3, -0.25) is 5.43 Å². The van der Waals surface area contributed by atoms with Gasteiger partial charge in [0.1, 0.15) is 0 Å². The molecule has 1 heterocycles. The fraction of sp³-hybridized carbons (Fsp3) is 0.0625. The van der Waals surface area contributed by atoms with Gasteiger partial charge in [0, 0.05) is 0 Å². The first-order valence-electron chi connectivity index (χ1n) is 6.51. The van der Waals surface area contributed by atoms with E-state index in [1.807, 2.05) is 42.5 Å². The van der Waals surface area contributed by atoms with Gasteiger partial charge < -0.3 is 0 Å². The molecule has 0 radical (unpaired) electrons. The Bertz CT molecular complexity index is 647. The molecular formula is C16H16N4. The van der Waals surface area contributed by atoms with Gasteiger partial charge in [-0.05, 0) is 36.3 Å². The van der Waals surface area contributed by atoms with Gasteiger partial charge in [-0.25, -0.2) is 0 Å². The minimum Gasteiger partial charge on any atom is -0.260 e. The van der Waals surface area contributed by atoms with E-state index in [0.717, 1.165) is 17.1 Å². The Balaban J connectivity index is 1.66. The molecule has 1 aliphatic heterocycles. The molecule has 0 saturated carbocycles. The van der Waals surface area contributed by atoms with Crippen LogP contribution in [0.15, 0.2) is 65.8 Å². The summed E-state index contributed by atoms with van der Waals surface area (Å²) in [5.74, 6) is 0.773. The second-order valence-corrected chi connectivity index (χ2v) is 4.63. The van der Waals surface area contributed by atoms with Gasteiger partial charge in [0.05, 0.1) is 5.69 Å². The molecule has 100 valence electrons. The molecule has 0 atom stereocenters. The van der Waals surface area contributed by atoms with Gasteiger partial charge in [-0.1, -0.05) is 48.5 Å². The van der Waals surface area contributed by atoms with Crippen LogP contribution in [0.5, 0.6) is 0 Å². The summed E-state index contributed by atoms with van der Waals surface area (Å²) in [6.07, 6.45) is 3.96. The number of rotatable bonds is 3. The van der Waals surface area contributed by atoms with E-state index in [9.17, 15) is 0 Å². The van der Waals surface area contributed by atoms with Crippen molar-refractivity contribution in [2.75, 3.05) is 5.12 Å². The van der Waals surface area contributed by atoms with E-state index in [1.54, 1.807) is 5.12 Å². The number of nitrogens with one attached hydrogen (secondary N) is 2. The molecule has 20 heavy (non-hydrogen) atoms. The summed E-state index contributed by atoms with van der Waals surface area (Å²) in [6.45, 7) is 2.07. The first-order chi connectivity index (χ1) is 9.81. The molecule has 0 aliphatic carbocycles. The summed E-state index contributed by atoms with van der Waals surface area (Å²) >= 11 is 0. The smallest absolute Gasteiger partial charge is 0.168 e. The molecule has 2 aromatic carbocycles. The Morgan fingerprint density at radius 2 is 1.85 bits per heavy atom. The van der Waals surface area contributed by atoms with Crippen molar-refractivity contribution in [3.05, 3.63) is 71.8 Å². The number of amidine groups is 1. The highest BCUT2D eigenvalue weighted by atomic mass is 15.9.